The lowest BCUT2D eigenvalue weighted by Crippen LogP contribution is -2.15. The Morgan fingerprint density at radius 1 is 0.396 bits per heavy atom. The van der Waals surface area contributed by atoms with E-state index >= 15 is 0 Å². The van der Waals surface area contributed by atoms with Gasteiger partial charge in [0.2, 0.25) is 0 Å². The van der Waals surface area contributed by atoms with E-state index in [0.717, 1.165) is 17.1 Å². The number of anilines is 3. The van der Waals surface area contributed by atoms with E-state index < -0.39 is 0 Å². The van der Waals surface area contributed by atoms with Gasteiger partial charge in [-0.2, -0.15) is 0 Å². The summed E-state index contributed by atoms with van der Waals surface area (Å²) in [6.45, 7) is 4.70. The minimum absolute atomic E-state index is 0.0398. The second-order valence-electron chi connectivity index (χ2n) is 14.9. The van der Waals surface area contributed by atoms with Crippen LogP contribution in [0.4, 0.5) is 17.1 Å². The van der Waals surface area contributed by atoms with Crippen molar-refractivity contribution in [2.24, 2.45) is 0 Å². The minimum Gasteiger partial charge on any atom is -0.310 e. The molecule has 10 aromatic rings. The first-order valence-corrected chi connectivity index (χ1v) is 19.2. The molecule has 53 heavy (non-hydrogen) atoms. The van der Waals surface area contributed by atoms with Crippen LogP contribution in [-0.2, 0) is 5.41 Å². The lowest BCUT2D eigenvalue weighted by atomic mass is 9.82. The van der Waals surface area contributed by atoms with E-state index in [0.29, 0.717) is 0 Å². The van der Waals surface area contributed by atoms with Crippen molar-refractivity contribution in [3.05, 3.63) is 187 Å². The van der Waals surface area contributed by atoms with Crippen molar-refractivity contribution >= 4 is 80.9 Å². The van der Waals surface area contributed by atoms with Gasteiger partial charge in [0.1, 0.15) is 0 Å². The number of benzene rings is 9. The van der Waals surface area contributed by atoms with Crippen molar-refractivity contribution < 1.29 is 0 Å². The number of hydrogen-bond donors (Lipinski definition) is 0. The molecule has 0 atom stereocenters. The molecule has 9 aromatic carbocycles. The summed E-state index contributed by atoms with van der Waals surface area (Å²) >= 11 is 1.87. The predicted molar refractivity (Wildman–Crippen MR) is 230 cm³/mol. The molecule has 0 amide bonds. The molecule has 0 spiro atoms. The Labute approximate surface area is 313 Å². The third-order valence-electron chi connectivity index (χ3n) is 11.6. The van der Waals surface area contributed by atoms with Crippen molar-refractivity contribution in [2.75, 3.05) is 4.90 Å². The number of nitrogens with zero attached hydrogens (tertiary/aromatic N) is 1. The highest BCUT2D eigenvalue weighted by atomic mass is 32.1. The molecule has 1 aliphatic carbocycles. The molecule has 0 N–H and O–H groups in total. The summed E-state index contributed by atoms with van der Waals surface area (Å²) in [5, 5.41) is 10.4. The predicted octanol–water partition coefficient (Wildman–Crippen LogP) is 15.0. The van der Waals surface area contributed by atoms with Crippen LogP contribution in [0, 0.1) is 0 Å². The van der Waals surface area contributed by atoms with E-state index in [2.05, 4.69) is 195 Å². The lowest BCUT2D eigenvalue weighted by molar-refractivity contribution is 0.660. The first-order chi connectivity index (χ1) is 26.0. The van der Waals surface area contributed by atoms with Crippen molar-refractivity contribution in [1.29, 1.82) is 0 Å². The molecular formula is C51H35NS. The largest absolute Gasteiger partial charge is 0.310 e. The quantitative estimate of drug-likeness (QED) is 0.166. The van der Waals surface area contributed by atoms with Gasteiger partial charge in [-0.15, -0.1) is 11.3 Å². The van der Waals surface area contributed by atoms with Gasteiger partial charge in [0.05, 0.1) is 0 Å². The summed E-state index contributed by atoms with van der Waals surface area (Å²) in [5.74, 6) is 0. The highest BCUT2D eigenvalue weighted by Gasteiger charge is 2.35. The monoisotopic (exact) mass is 693 g/mol. The zero-order chi connectivity index (χ0) is 35.3. The molecule has 0 unspecified atom stereocenters. The van der Waals surface area contributed by atoms with E-state index in [9.17, 15) is 0 Å². The van der Waals surface area contributed by atoms with Crippen LogP contribution in [0.2, 0.25) is 0 Å². The van der Waals surface area contributed by atoms with Crippen LogP contribution < -0.4 is 4.90 Å². The summed E-state index contributed by atoms with van der Waals surface area (Å²) in [7, 11) is 0. The van der Waals surface area contributed by atoms with E-state index in [1.807, 2.05) is 11.3 Å². The molecule has 1 aliphatic rings. The van der Waals surface area contributed by atoms with Gasteiger partial charge in [0, 0.05) is 42.6 Å². The third-order valence-corrected chi connectivity index (χ3v) is 12.8. The van der Waals surface area contributed by atoms with E-state index in [1.165, 1.54) is 85.9 Å². The number of rotatable bonds is 4. The second kappa shape index (κ2) is 11.4. The van der Waals surface area contributed by atoms with Crippen LogP contribution in [0.3, 0.4) is 0 Å². The summed E-state index contributed by atoms with van der Waals surface area (Å²) < 4.78 is 2.62. The zero-order valence-corrected chi connectivity index (χ0v) is 30.4. The Hall–Kier alpha value is -6.22. The van der Waals surface area contributed by atoms with Crippen LogP contribution in [0.25, 0.3) is 74.7 Å². The fourth-order valence-corrected chi connectivity index (χ4v) is 10.2. The average molecular weight is 694 g/mol. The number of fused-ring (bicyclic) bond motifs is 11. The lowest BCUT2D eigenvalue weighted by Gasteiger charge is -2.27. The summed E-state index contributed by atoms with van der Waals surface area (Å²) in [6, 6.07) is 65.5. The molecule has 0 saturated heterocycles. The van der Waals surface area contributed by atoms with Crippen LogP contribution >= 0.6 is 11.3 Å². The average Bonchev–Trinajstić information content (AvgIpc) is 3.69. The molecule has 0 bridgehead atoms. The molecule has 11 rings (SSSR count). The van der Waals surface area contributed by atoms with E-state index in [-0.39, 0.29) is 5.41 Å². The topological polar surface area (TPSA) is 3.24 Å². The van der Waals surface area contributed by atoms with Crippen molar-refractivity contribution in [3.8, 4) is 22.3 Å². The number of thiophene rings is 1. The Morgan fingerprint density at radius 3 is 1.89 bits per heavy atom. The van der Waals surface area contributed by atoms with Gasteiger partial charge in [-0.3, -0.25) is 0 Å². The molecule has 1 aromatic heterocycles. The first kappa shape index (κ1) is 30.4. The van der Waals surface area contributed by atoms with Crippen LogP contribution in [0.15, 0.2) is 176 Å². The normalized spacial score (nSPS) is 13.2. The molecule has 0 radical (unpaired) electrons. The molecule has 2 heteroatoms. The second-order valence-corrected chi connectivity index (χ2v) is 16.0. The van der Waals surface area contributed by atoms with Crippen LogP contribution in [0.1, 0.15) is 25.0 Å². The highest BCUT2D eigenvalue weighted by molar-refractivity contribution is 7.25. The first-order valence-electron chi connectivity index (χ1n) is 18.4. The Bertz CT molecular complexity index is 3090. The van der Waals surface area contributed by atoms with Gasteiger partial charge in [-0.1, -0.05) is 141 Å². The maximum absolute atomic E-state index is 2.44. The molecular weight excluding hydrogens is 659 g/mol. The number of hydrogen-bond acceptors (Lipinski definition) is 2. The van der Waals surface area contributed by atoms with E-state index in [4.69, 9.17) is 0 Å². The third kappa shape index (κ3) is 4.56. The van der Waals surface area contributed by atoms with Gasteiger partial charge in [0.15, 0.2) is 0 Å². The van der Waals surface area contributed by atoms with Gasteiger partial charge in [-0.05, 0) is 114 Å². The molecule has 1 heterocycles. The zero-order valence-electron chi connectivity index (χ0n) is 29.6. The maximum atomic E-state index is 2.44. The molecule has 1 nitrogen and oxygen atoms in total. The fourth-order valence-electron chi connectivity index (χ4n) is 9.06. The minimum atomic E-state index is -0.0398. The van der Waals surface area contributed by atoms with Gasteiger partial charge >= 0.3 is 0 Å². The standard InChI is InChI=1S/C51H35NS/c1-51(2)46-17-9-7-14-40(46)45-30-36(26-28-47(45)51)52(37-25-27-42-41-15-8-10-18-48(41)53-49(42)31-37)35-23-21-33(22-24-35)44-29-34-20-19-32-11-3-4-12-38(32)50(34)43-16-6-5-13-39(43)44/h3-31H,1-2H3. The van der Waals surface area contributed by atoms with Gasteiger partial charge < -0.3 is 4.90 Å². The Morgan fingerprint density at radius 2 is 1.02 bits per heavy atom. The van der Waals surface area contributed by atoms with E-state index in [1.54, 1.807) is 0 Å². The van der Waals surface area contributed by atoms with Crippen LogP contribution in [-0.4, -0.2) is 0 Å². The van der Waals surface area contributed by atoms with Crippen LogP contribution in [0.5, 0.6) is 0 Å². The summed E-state index contributed by atoms with van der Waals surface area (Å²) in [5.41, 5.74) is 11.3. The van der Waals surface area contributed by atoms with Crippen molar-refractivity contribution in [2.45, 2.75) is 19.3 Å². The fraction of sp³-hybridized carbons (Fsp3) is 0.0588. The molecule has 0 saturated carbocycles. The van der Waals surface area contributed by atoms with Crippen molar-refractivity contribution in [3.63, 3.8) is 0 Å². The molecule has 0 fully saturated rings. The SMILES string of the molecule is CC1(C)c2ccccc2-c2cc(N(c3ccc(-c4cc5ccc6ccccc6c5c5ccccc45)cc3)c3ccc4c(c3)sc3ccccc34)ccc21. The molecule has 0 aliphatic heterocycles. The smallest absolute Gasteiger partial charge is 0.0476 e. The maximum Gasteiger partial charge on any atom is 0.0476 e. The van der Waals surface area contributed by atoms with Crippen molar-refractivity contribution in [1.82, 2.24) is 0 Å². The summed E-state index contributed by atoms with van der Waals surface area (Å²) in [4.78, 5) is 2.44. The van der Waals surface area contributed by atoms with Gasteiger partial charge in [-0.25, -0.2) is 0 Å². The Kier molecular flexibility index (Phi) is 6.53. The molecule has 250 valence electrons. The highest BCUT2D eigenvalue weighted by Crippen LogP contribution is 2.51. The summed E-state index contributed by atoms with van der Waals surface area (Å²) in [6.07, 6.45) is 0. The Balaban J connectivity index is 1.09. The van der Waals surface area contributed by atoms with Gasteiger partial charge in [0.25, 0.3) is 0 Å².